The summed E-state index contributed by atoms with van der Waals surface area (Å²) in [5, 5.41) is 3.12. The lowest BCUT2D eigenvalue weighted by Crippen LogP contribution is -2.39. The fourth-order valence-electron chi connectivity index (χ4n) is 1.38. The molecule has 0 spiro atoms. The molecule has 1 fully saturated rings. The summed E-state index contributed by atoms with van der Waals surface area (Å²) in [6.07, 6.45) is 1.78. The van der Waals surface area contributed by atoms with Crippen LogP contribution in [-0.4, -0.2) is 25.3 Å². The first-order valence-corrected chi connectivity index (χ1v) is 3.86. The first-order chi connectivity index (χ1) is 4.77. The number of nitrogens with one attached hydrogen (secondary N) is 1. The fourth-order valence-corrected chi connectivity index (χ4v) is 1.38. The normalized spacial score (nSPS) is 24.6. The van der Waals surface area contributed by atoms with Gasteiger partial charge in [0.2, 0.25) is 0 Å². The number of piperidine rings is 1. The zero-order valence-corrected chi connectivity index (χ0v) is 6.20. The maximum absolute atomic E-state index is 13.5. The van der Waals surface area contributed by atoms with Crippen molar-refractivity contribution in [2.24, 2.45) is 5.73 Å². The van der Waals surface area contributed by atoms with E-state index < -0.39 is 5.67 Å². The number of alkyl halides is 1. The van der Waals surface area contributed by atoms with Crippen molar-refractivity contribution in [1.29, 1.82) is 0 Å². The average Bonchev–Trinajstić information content (AvgIpc) is 1.89. The minimum absolute atomic E-state index is 0.469. The number of hydrogen-bond acceptors (Lipinski definition) is 2. The number of rotatable bonds is 2. The average molecular weight is 146 g/mol. The Morgan fingerprint density at radius 2 is 2.00 bits per heavy atom. The molecule has 0 radical (unpaired) electrons. The molecule has 60 valence electrons. The maximum Gasteiger partial charge on any atom is 0.114 e. The summed E-state index contributed by atoms with van der Waals surface area (Å²) < 4.78 is 13.5. The standard InChI is InChI=1S/C7H15FN2/c8-7(1-4-9)2-5-10-6-3-7/h10H,1-6,9H2. The fraction of sp³-hybridized carbons (Fsp3) is 1.00. The van der Waals surface area contributed by atoms with Crippen molar-refractivity contribution in [2.75, 3.05) is 19.6 Å². The van der Waals surface area contributed by atoms with Gasteiger partial charge in [0.15, 0.2) is 0 Å². The van der Waals surface area contributed by atoms with Gasteiger partial charge in [-0.05, 0) is 38.9 Å². The Bertz CT molecular complexity index is 94.3. The summed E-state index contributed by atoms with van der Waals surface area (Å²) in [5.74, 6) is 0. The van der Waals surface area contributed by atoms with Gasteiger partial charge in [-0.1, -0.05) is 0 Å². The minimum atomic E-state index is -0.958. The minimum Gasteiger partial charge on any atom is -0.330 e. The molecule has 1 saturated heterocycles. The Morgan fingerprint density at radius 3 is 2.50 bits per heavy atom. The van der Waals surface area contributed by atoms with Crippen LogP contribution < -0.4 is 11.1 Å². The molecule has 3 heteroatoms. The highest BCUT2D eigenvalue weighted by Gasteiger charge is 2.30. The van der Waals surface area contributed by atoms with Crippen LogP contribution in [0.5, 0.6) is 0 Å². The summed E-state index contributed by atoms with van der Waals surface area (Å²) in [5.41, 5.74) is 4.33. The van der Waals surface area contributed by atoms with Crippen LogP contribution in [0.4, 0.5) is 4.39 Å². The van der Waals surface area contributed by atoms with Crippen molar-refractivity contribution in [1.82, 2.24) is 5.32 Å². The zero-order valence-electron chi connectivity index (χ0n) is 6.20. The smallest absolute Gasteiger partial charge is 0.114 e. The molecule has 3 N–H and O–H groups in total. The third-order valence-corrected chi connectivity index (χ3v) is 2.09. The van der Waals surface area contributed by atoms with Crippen molar-refractivity contribution in [3.63, 3.8) is 0 Å². The molecule has 0 saturated carbocycles. The van der Waals surface area contributed by atoms with Crippen molar-refractivity contribution in [2.45, 2.75) is 24.9 Å². The van der Waals surface area contributed by atoms with E-state index in [1.165, 1.54) is 0 Å². The van der Waals surface area contributed by atoms with E-state index in [4.69, 9.17) is 5.73 Å². The molecular weight excluding hydrogens is 131 g/mol. The molecule has 0 bridgehead atoms. The quantitative estimate of drug-likeness (QED) is 0.592. The molecule has 1 aliphatic rings. The number of nitrogens with two attached hydrogens (primary N) is 1. The third-order valence-electron chi connectivity index (χ3n) is 2.09. The molecule has 2 nitrogen and oxygen atoms in total. The monoisotopic (exact) mass is 146 g/mol. The SMILES string of the molecule is NCCC1(F)CCNCC1. The Balaban J connectivity index is 2.32. The van der Waals surface area contributed by atoms with Crippen LogP contribution in [0.25, 0.3) is 0 Å². The molecule has 0 atom stereocenters. The van der Waals surface area contributed by atoms with Gasteiger partial charge in [-0.25, -0.2) is 4.39 Å². The molecule has 1 heterocycles. The van der Waals surface area contributed by atoms with Crippen LogP contribution >= 0.6 is 0 Å². The van der Waals surface area contributed by atoms with E-state index in [1.54, 1.807) is 0 Å². The van der Waals surface area contributed by atoms with Gasteiger partial charge < -0.3 is 11.1 Å². The Morgan fingerprint density at radius 1 is 1.40 bits per heavy atom. The number of halogens is 1. The van der Waals surface area contributed by atoms with Crippen molar-refractivity contribution in [3.8, 4) is 0 Å². The molecule has 10 heavy (non-hydrogen) atoms. The third kappa shape index (κ3) is 1.92. The summed E-state index contributed by atoms with van der Waals surface area (Å²) in [7, 11) is 0. The number of hydrogen-bond donors (Lipinski definition) is 2. The Hall–Kier alpha value is -0.150. The second-order valence-electron chi connectivity index (χ2n) is 2.94. The van der Waals surface area contributed by atoms with E-state index in [0.29, 0.717) is 25.8 Å². The van der Waals surface area contributed by atoms with E-state index in [0.717, 1.165) is 13.1 Å². The summed E-state index contributed by atoms with van der Waals surface area (Å²) in [4.78, 5) is 0. The van der Waals surface area contributed by atoms with E-state index in [2.05, 4.69) is 5.32 Å². The second kappa shape index (κ2) is 3.30. The molecule has 0 unspecified atom stereocenters. The van der Waals surface area contributed by atoms with E-state index in [-0.39, 0.29) is 0 Å². The topological polar surface area (TPSA) is 38.0 Å². The predicted octanol–water partition coefficient (Wildman–Crippen LogP) is 0.427. The maximum atomic E-state index is 13.5. The van der Waals surface area contributed by atoms with Crippen LogP contribution in [0.2, 0.25) is 0 Å². The lowest BCUT2D eigenvalue weighted by Gasteiger charge is -2.29. The van der Waals surface area contributed by atoms with Crippen LogP contribution in [0.1, 0.15) is 19.3 Å². The van der Waals surface area contributed by atoms with Gasteiger partial charge in [0.05, 0.1) is 0 Å². The lowest BCUT2D eigenvalue weighted by atomic mass is 9.91. The van der Waals surface area contributed by atoms with Crippen LogP contribution in [-0.2, 0) is 0 Å². The van der Waals surface area contributed by atoms with Crippen LogP contribution in [0, 0.1) is 0 Å². The summed E-state index contributed by atoms with van der Waals surface area (Å²) in [6.45, 7) is 2.07. The molecule has 0 amide bonds. The van der Waals surface area contributed by atoms with E-state index >= 15 is 0 Å². The van der Waals surface area contributed by atoms with Crippen molar-refractivity contribution in [3.05, 3.63) is 0 Å². The molecule has 1 rings (SSSR count). The highest BCUT2D eigenvalue weighted by atomic mass is 19.1. The van der Waals surface area contributed by atoms with Gasteiger partial charge in [0.1, 0.15) is 5.67 Å². The predicted molar refractivity (Wildman–Crippen MR) is 39.6 cm³/mol. The first-order valence-electron chi connectivity index (χ1n) is 3.86. The van der Waals surface area contributed by atoms with Gasteiger partial charge in [-0.15, -0.1) is 0 Å². The summed E-state index contributed by atoms with van der Waals surface area (Å²) >= 11 is 0. The molecule has 1 aliphatic heterocycles. The Kier molecular flexibility index (Phi) is 2.63. The lowest BCUT2D eigenvalue weighted by molar-refractivity contribution is 0.108. The largest absolute Gasteiger partial charge is 0.330 e. The molecule has 0 aromatic rings. The van der Waals surface area contributed by atoms with Gasteiger partial charge >= 0.3 is 0 Å². The highest BCUT2D eigenvalue weighted by molar-refractivity contribution is 4.84. The molecular formula is C7H15FN2. The van der Waals surface area contributed by atoms with Gasteiger partial charge in [-0.3, -0.25) is 0 Å². The zero-order chi connectivity index (χ0) is 7.45. The van der Waals surface area contributed by atoms with Crippen molar-refractivity contribution < 1.29 is 4.39 Å². The van der Waals surface area contributed by atoms with Crippen molar-refractivity contribution >= 4 is 0 Å². The van der Waals surface area contributed by atoms with Gasteiger partial charge in [0, 0.05) is 0 Å². The van der Waals surface area contributed by atoms with Gasteiger partial charge in [-0.2, -0.15) is 0 Å². The first kappa shape index (κ1) is 7.95. The second-order valence-corrected chi connectivity index (χ2v) is 2.94. The van der Waals surface area contributed by atoms with Crippen LogP contribution in [0.3, 0.4) is 0 Å². The van der Waals surface area contributed by atoms with E-state index in [1.807, 2.05) is 0 Å². The van der Waals surface area contributed by atoms with Gasteiger partial charge in [0.25, 0.3) is 0 Å². The summed E-state index contributed by atoms with van der Waals surface area (Å²) in [6, 6.07) is 0. The molecule has 0 aliphatic carbocycles. The molecule has 0 aromatic heterocycles. The van der Waals surface area contributed by atoms with Crippen LogP contribution in [0.15, 0.2) is 0 Å². The Labute approximate surface area is 61.0 Å². The highest BCUT2D eigenvalue weighted by Crippen LogP contribution is 2.25. The van der Waals surface area contributed by atoms with E-state index in [9.17, 15) is 4.39 Å². The molecule has 0 aromatic carbocycles.